The van der Waals surface area contributed by atoms with Crippen LogP contribution in [0.5, 0.6) is 0 Å². The lowest BCUT2D eigenvalue weighted by Gasteiger charge is -2.34. The maximum atomic E-state index is 3.43. The molecule has 2 nitrogen and oxygen atoms in total. The summed E-state index contributed by atoms with van der Waals surface area (Å²) < 4.78 is 0. The number of nitrogens with zero attached hydrogens (tertiary/aromatic N) is 1. The average Bonchev–Trinajstić information content (AvgIpc) is 2.16. The van der Waals surface area contributed by atoms with E-state index in [4.69, 9.17) is 0 Å². The average molecular weight is 196 g/mol. The molecule has 14 heavy (non-hydrogen) atoms. The second-order valence-corrected chi connectivity index (χ2v) is 5.05. The van der Waals surface area contributed by atoms with Crippen molar-refractivity contribution in [3.05, 3.63) is 0 Å². The summed E-state index contributed by atoms with van der Waals surface area (Å²) in [5.74, 6) is 1.07. The van der Waals surface area contributed by atoms with Crippen LogP contribution < -0.4 is 5.32 Å². The van der Waals surface area contributed by atoms with Crippen LogP contribution in [0.2, 0.25) is 0 Å². The third-order valence-corrected chi connectivity index (χ3v) is 4.05. The summed E-state index contributed by atoms with van der Waals surface area (Å²) in [4.78, 5) is 2.60. The molecule has 0 atom stereocenters. The number of nitrogens with one attached hydrogen (secondary N) is 1. The molecule has 1 aliphatic carbocycles. The molecule has 1 N–H and O–H groups in total. The van der Waals surface area contributed by atoms with Crippen LogP contribution in [0.4, 0.5) is 0 Å². The quantitative estimate of drug-likeness (QED) is 0.738. The van der Waals surface area contributed by atoms with Crippen LogP contribution in [0.3, 0.4) is 0 Å². The van der Waals surface area contributed by atoms with Crippen molar-refractivity contribution in [2.24, 2.45) is 5.92 Å². The molecule has 2 rings (SSSR count). The zero-order valence-electron chi connectivity index (χ0n) is 9.47. The summed E-state index contributed by atoms with van der Waals surface area (Å²) in [7, 11) is 2.31. The van der Waals surface area contributed by atoms with E-state index in [1.54, 1.807) is 0 Å². The van der Waals surface area contributed by atoms with Crippen LogP contribution in [0.15, 0.2) is 0 Å². The van der Waals surface area contributed by atoms with E-state index >= 15 is 0 Å². The monoisotopic (exact) mass is 196 g/mol. The molecule has 0 unspecified atom stereocenters. The van der Waals surface area contributed by atoms with Gasteiger partial charge in [-0.15, -0.1) is 0 Å². The van der Waals surface area contributed by atoms with Crippen LogP contribution in [-0.2, 0) is 0 Å². The van der Waals surface area contributed by atoms with Gasteiger partial charge < -0.3 is 10.2 Å². The van der Waals surface area contributed by atoms with Crippen molar-refractivity contribution in [3.8, 4) is 0 Å². The van der Waals surface area contributed by atoms with Gasteiger partial charge >= 0.3 is 0 Å². The fourth-order valence-corrected chi connectivity index (χ4v) is 2.60. The highest BCUT2D eigenvalue weighted by atomic mass is 15.1. The number of piperidine rings is 1. The van der Waals surface area contributed by atoms with Gasteiger partial charge in [0.1, 0.15) is 0 Å². The molecule has 82 valence electrons. The van der Waals surface area contributed by atoms with Crippen molar-refractivity contribution in [3.63, 3.8) is 0 Å². The van der Waals surface area contributed by atoms with Crippen LogP contribution in [0, 0.1) is 5.92 Å². The summed E-state index contributed by atoms with van der Waals surface area (Å²) >= 11 is 0. The summed E-state index contributed by atoms with van der Waals surface area (Å²) in [6.07, 6.45) is 8.63. The molecule has 0 bridgehead atoms. The zero-order valence-corrected chi connectivity index (χ0v) is 9.47. The zero-order chi connectivity index (χ0) is 9.80. The first-order valence-electron chi connectivity index (χ1n) is 6.27. The molecule has 2 heteroatoms. The van der Waals surface area contributed by atoms with Gasteiger partial charge in [-0.2, -0.15) is 0 Å². The SMILES string of the molecule is CN(CCC1CCC1)C1CCNCC1. The van der Waals surface area contributed by atoms with E-state index in [0.717, 1.165) is 12.0 Å². The number of hydrogen-bond acceptors (Lipinski definition) is 2. The standard InChI is InChI=1S/C12H24N2/c1-14(10-7-11-3-2-4-11)12-5-8-13-9-6-12/h11-13H,2-10H2,1H3. The van der Waals surface area contributed by atoms with Crippen LogP contribution in [-0.4, -0.2) is 37.6 Å². The van der Waals surface area contributed by atoms with E-state index in [2.05, 4.69) is 17.3 Å². The molecule has 0 aromatic carbocycles. The Bertz CT molecular complexity index is 160. The Morgan fingerprint density at radius 1 is 1.14 bits per heavy atom. The first-order chi connectivity index (χ1) is 6.86. The van der Waals surface area contributed by atoms with E-state index in [-0.39, 0.29) is 0 Å². The third kappa shape index (κ3) is 2.71. The lowest BCUT2D eigenvalue weighted by atomic mass is 9.83. The van der Waals surface area contributed by atoms with Crippen molar-refractivity contribution in [1.29, 1.82) is 0 Å². The van der Waals surface area contributed by atoms with Crippen molar-refractivity contribution in [2.75, 3.05) is 26.7 Å². The second-order valence-electron chi connectivity index (χ2n) is 5.05. The summed E-state index contributed by atoms with van der Waals surface area (Å²) in [6.45, 7) is 3.77. The van der Waals surface area contributed by atoms with Gasteiger partial charge in [0.2, 0.25) is 0 Å². The maximum absolute atomic E-state index is 3.43. The highest BCUT2D eigenvalue weighted by Gasteiger charge is 2.21. The first kappa shape index (κ1) is 10.4. The minimum Gasteiger partial charge on any atom is -0.317 e. The van der Waals surface area contributed by atoms with Gasteiger partial charge in [-0.3, -0.25) is 0 Å². The Labute approximate surface area is 88.1 Å². The predicted molar refractivity (Wildman–Crippen MR) is 60.5 cm³/mol. The summed E-state index contributed by atoms with van der Waals surface area (Å²) in [5, 5.41) is 3.43. The van der Waals surface area contributed by atoms with E-state index in [1.807, 2.05) is 0 Å². The second kappa shape index (κ2) is 5.13. The number of hydrogen-bond donors (Lipinski definition) is 1. The van der Waals surface area contributed by atoms with Gasteiger partial charge in [0, 0.05) is 6.04 Å². The minimum atomic E-state index is 0.858. The Morgan fingerprint density at radius 2 is 1.86 bits per heavy atom. The van der Waals surface area contributed by atoms with Crippen molar-refractivity contribution in [1.82, 2.24) is 10.2 Å². The molecule has 0 aromatic heterocycles. The molecule has 0 spiro atoms. The topological polar surface area (TPSA) is 15.3 Å². The molecule has 1 saturated heterocycles. The molecular formula is C12H24N2. The normalized spacial score (nSPS) is 25.3. The molecule has 0 radical (unpaired) electrons. The van der Waals surface area contributed by atoms with Gasteiger partial charge in [-0.05, 0) is 51.9 Å². The van der Waals surface area contributed by atoms with Gasteiger partial charge in [0.05, 0.1) is 0 Å². The Balaban J connectivity index is 1.62. The highest BCUT2D eigenvalue weighted by Crippen LogP contribution is 2.29. The Morgan fingerprint density at radius 3 is 2.43 bits per heavy atom. The molecule has 2 fully saturated rings. The summed E-state index contributed by atoms with van der Waals surface area (Å²) in [6, 6.07) is 0.858. The van der Waals surface area contributed by atoms with Crippen LogP contribution in [0.1, 0.15) is 38.5 Å². The molecular weight excluding hydrogens is 172 g/mol. The lowest BCUT2D eigenvalue weighted by molar-refractivity contribution is 0.170. The smallest absolute Gasteiger partial charge is 0.0116 e. The lowest BCUT2D eigenvalue weighted by Crippen LogP contribution is -2.42. The molecule has 2 aliphatic rings. The highest BCUT2D eigenvalue weighted by molar-refractivity contribution is 4.77. The molecule has 1 aliphatic heterocycles. The van der Waals surface area contributed by atoms with Crippen LogP contribution >= 0.6 is 0 Å². The predicted octanol–water partition coefficient (Wildman–Crippen LogP) is 1.86. The van der Waals surface area contributed by atoms with E-state index in [1.165, 1.54) is 58.2 Å². The molecule has 0 aromatic rings. The first-order valence-corrected chi connectivity index (χ1v) is 6.27. The molecule has 1 saturated carbocycles. The van der Waals surface area contributed by atoms with Crippen molar-refractivity contribution >= 4 is 0 Å². The fraction of sp³-hybridized carbons (Fsp3) is 1.00. The van der Waals surface area contributed by atoms with Crippen molar-refractivity contribution in [2.45, 2.75) is 44.6 Å². The molecule has 1 heterocycles. The van der Waals surface area contributed by atoms with Crippen LogP contribution in [0.25, 0.3) is 0 Å². The largest absolute Gasteiger partial charge is 0.317 e. The van der Waals surface area contributed by atoms with Gasteiger partial charge in [-0.1, -0.05) is 19.3 Å². The van der Waals surface area contributed by atoms with Gasteiger partial charge in [0.25, 0.3) is 0 Å². The van der Waals surface area contributed by atoms with Gasteiger partial charge in [-0.25, -0.2) is 0 Å². The molecule has 0 amide bonds. The van der Waals surface area contributed by atoms with Gasteiger partial charge in [0.15, 0.2) is 0 Å². The number of rotatable bonds is 4. The van der Waals surface area contributed by atoms with E-state index in [0.29, 0.717) is 0 Å². The van der Waals surface area contributed by atoms with Crippen molar-refractivity contribution < 1.29 is 0 Å². The third-order valence-electron chi connectivity index (χ3n) is 4.05. The Hall–Kier alpha value is -0.0800. The fourth-order valence-electron chi connectivity index (χ4n) is 2.60. The van der Waals surface area contributed by atoms with E-state index in [9.17, 15) is 0 Å². The summed E-state index contributed by atoms with van der Waals surface area (Å²) in [5.41, 5.74) is 0. The van der Waals surface area contributed by atoms with E-state index < -0.39 is 0 Å². The maximum Gasteiger partial charge on any atom is 0.0116 e. The Kier molecular flexibility index (Phi) is 3.82. The minimum absolute atomic E-state index is 0.858.